The first-order chi connectivity index (χ1) is 10.6. The van der Waals surface area contributed by atoms with Crippen LogP contribution >= 0.6 is 0 Å². The van der Waals surface area contributed by atoms with Crippen molar-refractivity contribution in [2.75, 3.05) is 19.8 Å². The van der Waals surface area contributed by atoms with Gasteiger partial charge in [0, 0.05) is 0 Å². The van der Waals surface area contributed by atoms with Gasteiger partial charge in [-0.1, -0.05) is 42.0 Å². The summed E-state index contributed by atoms with van der Waals surface area (Å²) in [5, 5.41) is 0. The van der Waals surface area contributed by atoms with Gasteiger partial charge in [-0.05, 0) is 37.1 Å². The van der Waals surface area contributed by atoms with Crippen LogP contribution in [0.2, 0.25) is 0 Å². The predicted molar refractivity (Wildman–Crippen MR) is 81.2 cm³/mol. The summed E-state index contributed by atoms with van der Waals surface area (Å²) in [6.45, 7) is 5.81. The van der Waals surface area contributed by atoms with Crippen molar-refractivity contribution in [1.82, 2.24) is 0 Å². The van der Waals surface area contributed by atoms with Gasteiger partial charge in [-0.3, -0.25) is 0 Å². The zero-order valence-corrected chi connectivity index (χ0v) is 12.8. The third-order valence-electron chi connectivity index (χ3n) is 4.50. The average molecular weight is 294 g/mol. The Morgan fingerprint density at radius 1 is 0.818 bits per heavy atom. The van der Waals surface area contributed by atoms with E-state index >= 15 is 0 Å². The predicted octanol–water partition coefficient (Wildman–Crippen LogP) is 3.03. The Morgan fingerprint density at radius 2 is 1.45 bits per heavy atom. The molecule has 3 aliphatic rings. The lowest BCUT2D eigenvalue weighted by Gasteiger charge is -2.51. The fraction of sp³-hybridized carbons (Fsp3) is 0.368. The number of ether oxygens (including phenoxy) is 3. The molecule has 3 nitrogen and oxygen atoms in total. The van der Waals surface area contributed by atoms with Gasteiger partial charge in [0.25, 0.3) is 0 Å². The van der Waals surface area contributed by atoms with E-state index < -0.39 is 5.97 Å². The average Bonchev–Trinajstić information content (AvgIpc) is 2.57. The van der Waals surface area contributed by atoms with Crippen molar-refractivity contribution in [3.8, 4) is 0 Å². The SMILES string of the molecule is Cc1c#cc(C23OCC(c4ccc(C)cc4)(CO2)CO3)cc1. The molecule has 3 aliphatic heterocycles. The Balaban J connectivity index is 1.61. The van der Waals surface area contributed by atoms with Gasteiger partial charge in [-0.2, -0.15) is 0 Å². The van der Waals surface area contributed by atoms with Crippen molar-refractivity contribution in [3.05, 3.63) is 70.8 Å². The lowest BCUT2D eigenvalue weighted by atomic mass is 9.80. The maximum atomic E-state index is 5.98. The number of aryl methyl sites for hydroxylation is 2. The van der Waals surface area contributed by atoms with Crippen molar-refractivity contribution in [3.63, 3.8) is 0 Å². The second-order valence-electron chi connectivity index (χ2n) is 6.25. The normalized spacial score (nSPS) is 30.1. The highest BCUT2D eigenvalue weighted by molar-refractivity contribution is 5.31. The van der Waals surface area contributed by atoms with E-state index in [1.807, 2.05) is 19.1 Å². The third-order valence-corrected chi connectivity index (χ3v) is 4.50. The first-order valence-corrected chi connectivity index (χ1v) is 7.52. The molecule has 22 heavy (non-hydrogen) atoms. The van der Waals surface area contributed by atoms with E-state index in [1.165, 1.54) is 11.1 Å². The number of hydrogen-bond acceptors (Lipinski definition) is 3. The molecule has 3 heteroatoms. The smallest absolute Gasteiger partial charge is 0.320 e. The van der Waals surface area contributed by atoms with Crippen molar-refractivity contribution >= 4 is 0 Å². The zero-order valence-electron chi connectivity index (χ0n) is 12.8. The molecule has 0 saturated carbocycles. The summed E-state index contributed by atoms with van der Waals surface area (Å²) in [5.74, 6) is -1.11. The summed E-state index contributed by atoms with van der Waals surface area (Å²) in [7, 11) is 0. The minimum atomic E-state index is -1.11. The van der Waals surface area contributed by atoms with Crippen molar-refractivity contribution in [1.29, 1.82) is 0 Å². The summed E-state index contributed by atoms with van der Waals surface area (Å²) in [4.78, 5) is 0. The molecule has 0 unspecified atom stereocenters. The molecule has 2 aromatic rings. The second kappa shape index (κ2) is 4.82. The molecule has 0 radical (unpaired) electrons. The van der Waals surface area contributed by atoms with E-state index in [0.29, 0.717) is 19.8 Å². The molecule has 0 spiro atoms. The van der Waals surface area contributed by atoms with Crippen LogP contribution in [0.15, 0.2) is 36.4 Å². The molecule has 2 bridgehead atoms. The summed E-state index contributed by atoms with van der Waals surface area (Å²) >= 11 is 0. The largest absolute Gasteiger partial charge is 0.322 e. The van der Waals surface area contributed by atoms with Crippen molar-refractivity contribution in [2.45, 2.75) is 25.2 Å². The number of rotatable bonds is 2. The molecule has 0 amide bonds. The highest BCUT2D eigenvalue weighted by Gasteiger charge is 2.54. The van der Waals surface area contributed by atoms with Crippen LogP contribution in [0.5, 0.6) is 0 Å². The van der Waals surface area contributed by atoms with Gasteiger partial charge in [0.1, 0.15) is 0 Å². The Bertz CT molecular complexity index is 587. The zero-order chi connectivity index (χ0) is 15.2. The van der Waals surface area contributed by atoms with Crippen LogP contribution in [-0.2, 0) is 25.6 Å². The maximum Gasteiger partial charge on any atom is 0.320 e. The molecule has 5 rings (SSSR count). The lowest BCUT2D eigenvalue weighted by molar-refractivity contribution is -0.466. The van der Waals surface area contributed by atoms with Crippen molar-refractivity contribution in [2.24, 2.45) is 0 Å². The monoisotopic (exact) mass is 294 g/mol. The molecular formula is C19H18O3. The van der Waals surface area contributed by atoms with Gasteiger partial charge >= 0.3 is 5.97 Å². The Hall–Kier alpha value is -1.86. The molecule has 3 heterocycles. The molecule has 0 atom stereocenters. The van der Waals surface area contributed by atoms with E-state index in [9.17, 15) is 0 Å². The number of hydrogen-bond donors (Lipinski definition) is 0. The van der Waals surface area contributed by atoms with Gasteiger partial charge in [0.15, 0.2) is 0 Å². The summed E-state index contributed by atoms with van der Waals surface area (Å²) < 4.78 is 17.9. The van der Waals surface area contributed by atoms with E-state index in [4.69, 9.17) is 14.2 Å². The standard InChI is InChI=1S/C19H18O3/c1-14-3-7-16(8-4-14)18-11-20-19(21-12-18,22-13-18)17-9-5-15(2)6-10-17/h3-5,7-9H,11-13H2,1-2H3. The van der Waals surface area contributed by atoms with Crippen LogP contribution in [-0.4, -0.2) is 19.8 Å². The fourth-order valence-electron chi connectivity index (χ4n) is 2.98. The molecule has 0 aromatic heterocycles. The van der Waals surface area contributed by atoms with Gasteiger partial charge in [0.2, 0.25) is 0 Å². The molecule has 112 valence electrons. The van der Waals surface area contributed by atoms with Gasteiger partial charge in [0.05, 0.1) is 30.8 Å². The number of benzene rings is 1. The molecular weight excluding hydrogens is 276 g/mol. The van der Waals surface area contributed by atoms with Gasteiger partial charge in [-0.15, -0.1) is 0 Å². The third kappa shape index (κ3) is 2.04. The fourth-order valence-corrected chi connectivity index (χ4v) is 2.98. The van der Waals surface area contributed by atoms with Crippen LogP contribution in [0.4, 0.5) is 0 Å². The summed E-state index contributed by atoms with van der Waals surface area (Å²) in [6, 6.07) is 18.5. The first kappa shape index (κ1) is 13.8. The minimum Gasteiger partial charge on any atom is -0.322 e. The summed E-state index contributed by atoms with van der Waals surface area (Å²) in [6.07, 6.45) is 0. The van der Waals surface area contributed by atoms with Crippen molar-refractivity contribution < 1.29 is 14.2 Å². The number of fused-ring (bicyclic) bond motifs is 3. The molecule has 0 aliphatic carbocycles. The van der Waals surface area contributed by atoms with Gasteiger partial charge < -0.3 is 14.2 Å². The molecule has 0 N–H and O–H groups in total. The second-order valence-corrected chi connectivity index (χ2v) is 6.25. The van der Waals surface area contributed by atoms with Gasteiger partial charge in [-0.25, -0.2) is 0 Å². The maximum absolute atomic E-state index is 5.98. The molecule has 2 aromatic carbocycles. The van der Waals surface area contributed by atoms with E-state index in [0.717, 1.165) is 11.1 Å². The van der Waals surface area contributed by atoms with E-state index in [-0.39, 0.29) is 5.41 Å². The van der Waals surface area contributed by atoms with Crippen LogP contribution < -0.4 is 0 Å². The highest BCUT2D eigenvalue weighted by Crippen LogP contribution is 2.45. The Kier molecular flexibility index (Phi) is 3.02. The van der Waals surface area contributed by atoms with Crippen LogP contribution in [0.25, 0.3) is 0 Å². The summed E-state index contributed by atoms with van der Waals surface area (Å²) in [5.41, 5.74) is 4.00. The van der Waals surface area contributed by atoms with Crippen LogP contribution in [0.1, 0.15) is 22.3 Å². The topological polar surface area (TPSA) is 27.7 Å². The Morgan fingerprint density at radius 3 is 2.00 bits per heavy atom. The first-order valence-electron chi connectivity index (χ1n) is 7.52. The molecule has 3 fully saturated rings. The van der Waals surface area contributed by atoms with E-state index in [2.05, 4.69) is 43.3 Å². The van der Waals surface area contributed by atoms with Crippen LogP contribution in [0, 0.1) is 26.0 Å². The molecule has 3 saturated heterocycles. The quantitative estimate of drug-likeness (QED) is 0.852. The Labute approximate surface area is 130 Å². The lowest BCUT2D eigenvalue weighted by Crippen LogP contribution is -2.60. The highest BCUT2D eigenvalue weighted by atomic mass is 16.9. The van der Waals surface area contributed by atoms with E-state index in [1.54, 1.807) is 0 Å². The minimum absolute atomic E-state index is 0.218. The van der Waals surface area contributed by atoms with Crippen LogP contribution in [0.3, 0.4) is 0 Å².